The third-order valence-corrected chi connectivity index (χ3v) is 4.62. The molecule has 0 aliphatic heterocycles. The van der Waals surface area contributed by atoms with Gasteiger partial charge < -0.3 is 15.4 Å². The zero-order chi connectivity index (χ0) is 22.0. The van der Waals surface area contributed by atoms with Gasteiger partial charge in [0.15, 0.2) is 23.1 Å². The van der Waals surface area contributed by atoms with Crippen LogP contribution in [0.3, 0.4) is 0 Å². The predicted molar refractivity (Wildman–Crippen MR) is 111 cm³/mol. The summed E-state index contributed by atoms with van der Waals surface area (Å²) in [5, 5.41) is 20.3. The summed E-state index contributed by atoms with van der Waals surface area (Å²) in [6.07, 6.45) is 3.26. The summed E-state index contributed by atoms with van der Waals surface area (Å²) in [5.74, 6) is 0.386. The van der Waals surface area contributed by atoms with Gasteiger partial charge in [-0.05, 0) is 25.0 Å². The molecule has 1 fully saturated rings. The Balaban J connectivity index is 1.71. The van der Waals surface area contributed by atoms with E-state index in [1.807, 2.05) is 6.07 Å². The molecule has 0 radical (unpaired) electrons. The summed E-state index contributed by atoms with van der Waals surface area (Å²) < 4.78 is 7.17. The van der Waals surface area contributed by atoms with Crippen LogP contribution >= 0.6 is 0 Å². The zero-order valence-electron chi connectivity index (χ0n) is 17.2. The number of amides is 2. The van der Waals surface area contributed by atoms with Crippen LogP contribution < -0.4 is 20.7 Å². The number of para-hydroxylation sites is 1. The van der Waals surface area contributed by atoms with Crippen molar-refractivity contribution >= 4 is 29.3 Å². The summed E-state index contributed by atoms with van der Waals surface area (Å²) in [4.78, 5) is 32.9. The van der Waals surface area contributed by atoms with Crippen molar-refractivity contribution in [1.82, 2.24) is 35.3 Å². The van der Waals surface area contributed by atoms with E-state index in [4.69, 9.17) is 4.74 Å². The number of aryl methyl sites for hydroxylation is 1. The molecular weight excluding hydrogens is 402 g/mol. The Hall–Kier alpha value is -4.09. The molecule has 0 saturated heterocycles. The van der Waals surface area contributed by atoms with Gasteiger partial charge >= 0.3 is 0 Å². The molecule has 1 aliphatic carbocycles. The largest absolute Gasteiger partial charge is 0.494 e. The maximum Gasteiger partial charge on any atom is 0.275 e. The maximum atomic E-state index is 12.3. The highest BCUT2D eigenvalue weighted by atomic mass is 16.5. The molecule has 0 unspecified atom stereocenters. The molecule has 2 aromatic heterocycles. The minimum Gasteiger partial charge on any atom is -0.494 e. The molecule has 2 amide bonds. The van der Waals surface area contributed by atoms with E-state index >= 15 is 0 Å². The molecule has 160 valence electrons. The fourth-order valence-corrected chi connectivity index (χ4v) is 2.92. The van der Waals surface area contributed by atoms with Gasteiger partial charge in [0, 0.05) is 20.0 Å². The Morgan fingerprint density at radius 2 is 2.03 bits per heavy atom. The Morgan fingerprint density at radius 3 is 2.68 bits per heavy atom. The Morgan fingerprint density at radius 1 is 1.23 bits per heavy atom. The Kier molecular flexibility index (Phi) is 5.43. The van der Waals surface area contributed by atoms with E-state index in [1.54, 1.807) is 30.2 Å². The van der Waals surface area contributed by atoms with Crippen molar-refractivity contribution in [3.8, 4) is 17.1 Å². The number of aromatic nitrogens is 6. The molecule has 31 heavy (non-hydrogen) atoms. The van der Waals surface area contributed by atoms with E-state index in [2.05, 4.69) is 41.2 Å². The molecule has 0 atom stereocenters. The van der Waals surface area contributed by atoms with Gasteiger partial charge in [-0.3, -0.25) is 19.6 Å². The van der Waals surface area contributed by atoms with E-state index in [9.17, 15) is 9.59 Å². The second-order valence-corrected chi connectivity index (χ2v) is 6.93. The lowest BCUT2D eigenvalue weighted by molar-refractivity contribution is -0.117. The van der Waals surface area contributed by atoms with E-state index < -0.39 is 5.91 Å². The van der Waals surface area contributed by atoms with Crippen molar-refractivity contribution in [2.24, 2.45) is 13.0 Å². The fraction of sp³-hybridized carbons (Fsp3) is 0.316. The second kappa shape index (κ2) is 8.34. The summed E-state index contributed by atoms with van der Waals surface area (Å²) in [5.41, 5.74) is 1.13. The first kappa shape index (κ1) is 20.2. The minimum atomic E-state index is -0.482. The molecule has 0 bridgehead atoms. The number of hydrogen-bond donors (Lipinski definition) is 3. The molecule has 2 heterocycles. The molecule has 4 rings (SSSR count). The average molecular weight is 423 g/mol. The van der Waals surface area contributed by atoms with Crippen LogP contribution in [0.2, 0.25) is 0 Å². The smallest absolute Gasteiger partial charge is 0.275 e. The van der Waals surface area contributed by atoms with Crippen molar-refractivity contribution in [3.63, 3.8) is 0 Å². The number of rotatable bonds is 7. The quantitative estimate of drug-likeness (QED) is 0.508. The molecule has 1 aromatic carbocycles. The first-order valence-electron chi connectivity index (χ1n) is 9.58. The van der Waals surface area contributed by atoms with Gasteiger partial charge in [-0.15, -0.1) is 10.2 Å². The highest BCUT2D eigenvalue weighted by Crippen LogP contribution is 2.36. The normalized spacial score (nSPS) is 12.9. The number of anilines is 3. The molecule has 1 aliphatic rings. The number of nitrogens with one attached hydrogen (secondary N) is 3. The van der Waals surface area contributed by atoms with Gasteiger partial charge in [0.25, 0.3) is 11.9 Å². The maximum absolute atomic E-state index is 12.3. The number of carbonyl (C=O) groups excluding carboxylic acids is 2. The van der Waals surface area contributed by atoms with Gasteiger partial charge in [-0.1, -0.05) is 6.07 Å². The van der Waals surface area contributed by atoms with Crippen LogP contribution in [0.5, 0.6) is 5.75 Å². The number of benzene rings is 1. The van der Waals surface area contributed by atoms with Crippen LogP contribution in [0, 0.1) is 5.92 Å². The standard InChI is InChI=1S/C19H21N9O3/c1-20-18(30)13-16(23-19(26-25-13)24-17(29)10-7-8-10)22-12-6-4-5-11(14(12)31-3)15-21-9-28(2)27-15/h4-6,9-10H,7-8H2,1-3H3,(H,20,30)(H2,22,23,24,26,29). The summed E-state index contributed by atoms with van der Waals surface area (Å²) in [6, 6.07) is 5.36. The molecule has 1 saturated carbocycles. The van der Waals surface area contributed by atoms with E-state index in [-0.39, 0.29) is 29.3 Å². The lowest BCUT2D eigenvalue weighted by atomic mass is 10.1. The van der Waals surface area contributed by atoms with Crippen LogP contribution in [0.1, 0.15) is 23.3 Å². The molecule has 0 spiro atoms. The van der Waals surface area contributed by atoms with Crippen molar-refractivity contribution in [3.05, 3.63) is 30.2 Å². The van der Waals surface area contributed by atoms with Crippen LogP contribution in [-0.4, -0.2) is 55.9 Å². The number of methoxy groups -OCH3 is 1. The van der Waals surface area contributed by atoms with Crippen LogP contribution in [0.15, 0.2) is 24.5 Å². The van der Waals surface area contributed by atoms with Crippen molar-refractivity contribution < 1.29 is 14.3 Å². The monoisotopic (exact) mass is 423 g/mol. The molecule has 12 heteroatoms. The molecule has 12 nitrogen and oxygen atoms in total. The SMILES string of the molecule is CNC(=O)c1nnc(NC(=O)C2CC2)nc1Nc1cccc(-c2ncn(C)n2)c1OC. The summed E-state index contributed by atoms with van der Waals surface area (Å²) in [7, 11) is 4.77. The summed E-state index contributed by atoms with van der Waals surface area (Å²) >= 11 is 0. The van der Waals surface area contributed by atoms with Crippen molar-refractivity contribution in [2.45, 2.75) is 12.8 Å². The lowest BCUT2D eigenvalue weighted by Gasteiger charge is -2.15. The Labute approximate surface area is 177 Å². The van der Waals surface area contributed by atoms with Gasteiger partial charge in [-0.2, -0.15) is 10.1 Å². The van der Waals surface area contributed by atoms with Crippen LogP contribution in [0.4, 0.5) is 17.5 Å². The number of carbonyl (C=O) groups is 2. The minimum absolute atomic E-state index is 0.00793. The van der Waals surface area contributed by atoms with E-state index in [0.29, 0.717) is 22.8 Å². The molecule has 3 N–H and O–H groups in total. The van der Waals surface area contributed by atoms with Gasteiger partial charge in [-0.25, -0.2) is 4.98 Å². The third-order valence-electron chi connectivity index (χ3n) is 4.62. The highest BCUT2D eigenvalue weighted by molar-refractivity contribution is 5.98. The average Bonchev–Trinajstić information content (AvgIpc) is 3.54. The zero-order valence-corrected chi connectivity index (χ0v) is 17.2. The Bertz CT molecular complexity index is 1140. The van der Waals surface area contributed by atoms with E-state index in [1.165, 1.54) is 14.2 Å². The second-order valence-electron chi connectivity index (χ2n) is 6.93. The van der Waals surface area contributed by atoms with Gasteiger partial charge in [0.2, 0.25) is 5.91 Å². The lowest BCUT2D eigenvalue weighted by Crippen LogP contribution is -2.23. The van der Waals surface area contributed by atoms with E-state index in [0.717, 1.165) is 12.8 Å². The number of nitrogens with zero attached hydrogens (tertiary/aromatic N) is 6. The molecule has 3 aromatic rings. The molecular formula is C19H21N9O3. The van der Waals surface area contributed by atoms with Gasteiger partial charge in [0.05, 0.1) is 18.4 Å². The van der Waals surface area contributed by atoms with Crippen molar-refractivity contribution in [1.29, 1.82) is 0 Å². The van der Waals surface area contributed by atoms with Crippen LogP contribution in [-0.2, 0) is 11.8 Å². The summed E-state index contributed by atoms with van der Waals surface area (Å²) in [6.45, 7) is 0. The highest BCUT2D eigenvalue weighted by Gasteiger charge is 2.30. The predicted octanol–water partition coefficient (Wildman–Crippen LogP) is 1.13. The number of hydrogen-bond acceptors (Lipinski definition) is 9. The third kappa shape index (κ3) is 4.27. The first-order valence-corrected chi connectivity index (χ1v) is 9.58. The number of ether oxygens (including phenoxy) is 1. The first-order chi connectivity index (χ1) is 15.0. The van der Waals surface area contributed by atoms with Gasteiger partial charge in [0.1, 0.15) is 6.33 Å². The van der Waals surface area contributed by atoms with Crippen LogP contribution in [0.25, 0.3) is 11.4 Å². The fourth-order valence-electron chi connectivity index (χ4n) is 2.92. The topological polar surface area (TPSA) is 149 Å². The van der Waals surface area contributed by atoms with Crippen molar-refractivity contribution in [2.75, 3.05) is 24.8 Å².